The van der Waals surface area contributed by atoms with E-state index < -0.39 is 6.04 Å². The highest BCUT2D eigenvalue weighted by molar-refractivity contribution is 5.87. The van der Waals surface area contributed by atoms with Gasteiger partial charge in [0.15, 0.2) is 11.5 Å². The molecule has 0 spiro atoms. The van der Waals surface area contributed by atoms with Crippen LogP contribution < -0.4 is 19.5 Å². The number of carbonyl (C=O) groups is 2. The lowest BCUT2D eigenvalue weighted by Crippen LogP contribution is -2.49. The fraction of sp³-hybridized carbons (Fsp3) is 0.440. The summed E-state index contributed by atoms with van der Waals surface area (Å²) in [5.74, 6) is 1.94. The topological polar surface area (TPSA) is 77.1 Å². The average molecular weight is 441 g/mol. The van der Waals surface area contributed by atoms with Gasteiger partial charge in [-0.25, -0.2) is 0 Å². The summed E-state index contributed by atoms with van der Waals surface area (Å²) < 4.78 is 16.0. The molecule has 1 N–H and O–H groups in total. The van der Waals surface area contributed by atoms with E-state index in [2.05, 4.69) is 5.32 Å². The number of nitrogens with zero attached hydrogens (tertiary/aromatic N) is 1. The van der Waals surface area contributed by atoms with Crippen LogP contribution in [0.5, 0.6) is 17.2 Å². The molecule has 7 heteroatoms. The summed E-state index contributed by atoms with van der Waals surface area (Å²) >= 11 is 0. The molecule has 0 bridgehead atoms. The van der Waals surface area contributed by atoms with Gasteiger partial charge in [-0.2, -0.15) is 0 Å². The molecule has 2 atom stereocenters. The number of amides is 2. The van der Waals surface area contributed by atoms with Crippen molar-refractivity contribution in [2.24, 2.45) is 0 Å². The highest BCUT2D eigenvalue weighted by Crippen LogP contribution is 2.32. The fourth-order valence-corrected chi connectivity index (χ4v) is 3.47. The zero-order chi connectivity index (χ0) is 23.1. The molecule has 0 unspecified atom stereocenters. The van der Waals surface area contributed by atoms with Gasteiger partial charge in [0.05, 0.1) is 7.11 Å². The van der Waals surface area contributed by atoms with Gasteiger partial charge in [-0.05, 0) is 62.1 Å². The van der Waals surface area contributed by atoms with Gasteiger partial charge < -0.3 is 24.4 Å². The minimum absolute atomic E-state index is 0.0523. The molecular weight excluding hydrogens is 408 g/mol. The zero-order valence-electron chi connectivity index (χ0n) is 19.2. The zero-order valence-corrected chi connectivity index (χ0v) is 19.2. The maximum Gasteiger partial charge on any atom is 0.242 e. The average Bonchev–Trinajstić information content (AvgIpc) is 3.28. The molecule has 0 aromatic heterocycles. The van der Waals surface area contributed by atoms with Crippen LogP contribution >= 0.6 is 0 Å². The molecule has 3 rings (SSSR count). The lowest BCUT2D eigenvalue weighted by molar-refractivity contribution is -0.140. The lowest BCUT2D eigenvalue weighted by Gasteiger charge is -2.30. The molecule has 172 valence electrons. The number of aryl methyl sites for hydroxylation is 1. The van der Waals surface area contributed by atoms with Gasteiger partial charge in [-0.15, -0.1) is 0 Å². The van der Waals surface area contributed by atoms with Crippen molar-refractivity contribution in [3.63, 3.8) is 0 Å². The summed E-state index contributed by atoms with van der Waals surface area (Å²) in [5.41, 5.74) is 1.93. The first kappa shape index (κ1) is 23.4. The second kappa shape index (κ2) is 10.9. The van der Waals surface area contributed by atoms with Gasteiger partial charge in [0.2, 0.25) is 18.6 Å². The number of ether oxygens (including phenoxy) is 3. The van der Waals surface area contributed by atoms with E-state index in [9.17, 15) is 9.59 Å². The molecule has 0 aliphatic carbocycles. The van der Waals surface area contributed by atoms with Gasteiger partial charge in [-0.3, -0.25) is 9.59 Å². The monoisotopic (exact) mass is 440 g/mol. The predicted octanol–water partition coefficient (Wildman–Crippen LogP) is 3.69. The number of nitrogens with one attached hydrogen (secondary N) is 1. The molecule has 0 radical (unpaired) electrons. The molecule has 0 fully saturated rings. The molecule has 0 saturated carbocycles. The number of methoxy groups -OCH3 is 1. The summed E-state index contributed by atoms with van der Waals surface area (Å²) in [6, 6.07) is 12.7. The summed E-state index contributed by atoms with van der Waals surface area (Å²) in [6.07, 6.45) is 1.67. The van der Waals surface area contributed by atoms with E-state index in [0.717, 1.165) is 29.0 Å². The molecule has 2 aromatic carbocycles. The highest BCUT2D eigenvalue weighted by atomic mass is 16.7. The lowest BCUT2D eigenvalue weighted by atomic mass is 10.1. The molecule has 2 aromatic rings. The first-order chi connectivity index (χ1) is 15.4. The van der Waals surface area contributed by atoms with Gasteiger partial charge >= 0.3 is 0 Å². The van der Waals surface area contributed by atoms with E-state index in [1.807, 2.05) is 56.3 Å². The number of fused-ring (bicyclic) bond motifs is 1. The van der Waals surface area contributed by atoms with Crippen molar-refractivity contribution >= 4 is 11.8 Å². The van der Waals surface area contributed by atoms with Crippen molar-refractivity contribution in [2.75, 3.05) is 13.9 Å². The predicted molar refractivity (Wildman–Crippen MR) is 122 cm³/mol. The third-order valence-corrected chi connectivity index (χ3v) is 5.74. The summed E-state index contributed by atoms with van der Waals surface area (Å²) in [5, 5.41) is 2.99. The Morgan fingerprint density at radius 1 is 1.06 bits per heavy atom. The Bertz CT molecular complexity index is 928. The maximum atomic E-state index is 13.2. The third kappa shape index (κ3) is 5.93. The normalized spacial score (nSPS) is 13.9. The van der Waals surface area contributed by atoms with Crippen LogP contribution in [0.2, 0.25) is 0 Å². The van der Waals surface area contributed by atoms with Gasteiger partial charge in [0.1, 0.15) is 11.8 Å². The standard InChI is InChI=1S/C25H32N2O5/c1-5-17(2)26-25(29)18(3)27(15-20-6-10-21(30-4)11-7-20)24(28)13-9-19-8-12-22-23(14-19)32-16-31-22/h6-8,10-12,14,17-18H,5,9,13,15-16H2,1-4H3,(H,26,29)/t17-,18-/m1/s1. The van der Waals surface area contributed by atoms with Crippen LogP contribution in [-0.2, 0) is 22.6 Å². The number of hydrogen-bond acceptors (Lipinski definition) is 5. The Balaban J connectivity index is 1.71. The van der Waals surface area contributed by atoms with Crippen LogP contribution in [-0.4, -0.2) is 42.7 Å². The van der Waals surface area contributed by atoms with Crippen molar-refractivity contribution in [2.45, 2.75) is 58.7 Å². The van der Waals surface area contributed by atoms with Gasteiger partial charge in [0, 0.05) is 19.0 Å². The first-order valence-corrected chi connectivity index (χ1v) is 11.0. The molecule has 2 amide bonds. The number of rotatable bonds is 10. The van der Waals surface area contributed by atoms with Crippen LogP contribution in [0.1, 0.15) is 44.7 Å². The number of carbonyl (C=O) groups excluding carboxylic acids is 2. The Morgan fingerprint density at radius 3 is 2.44 bits per heavy atom. The molecule has 0 saturated heterocycles. The third-order valence-electron chi connectivity index (χ3n) is 5.74. The SMILES string of the molecule is CC[C@@H](C)NC(=O)[C@@H](C)N(Cc1ccc(OC)cc1)C(=O)CCc1ccc2c(c1)OCO2. The van der Waals surface area contributed by atoms with Crippen molar-refractivity contribution < 1.29 is 23.8 Å². The van der Waals surface area contributed by atoms with Gasteiger partial charge in [0.25, 0.3) is 0 Å². The molecule has 1 aliphatic heterocycles. The van der Waals surface area contributed by atoms with E-state index in [-0.39, 0.29) is 31.1 Å². The van der Waals surface area contributed by atoms with E-state index in [0.29, 0.717) is 18.7 Å². The van der Waals surface area contributed by atoms with Crippen molar-refractivity contribution in [1.82, 2.24) is 10.2 Å². The molecule has 32 heavy (non-hydrogen) atoms. The molecule has 1 aliphatic rings. The van der Waals surface area contributed by atoms with E-state index in [4.69, 9.17) is 14.2 Å². The van der Waals surface area contributed by atoms with Crippen LogP contribution in [0, 0.1) is 0 Å². The second-order valence-electron chi connectivity index (χ2n) is 8.05. The Kier molecular flexibility index (Phi) is 7.98. The minimum Gasteiger partial charge on any atom is -0.497 e. The van der Waals surface area contributed by atoms with Crippen molar-refractivity contribution in [3.05, 3.63) is 53.6 Å². The van der Waals surface area contributed by atoms with Crippen LogP contribution in [0.25, 0.3) is 0 Å². The summed E-state index contributed by atoms with van der Waals surface area (Å²) in [7, 11) is 1.61. The molecular formula is C25H32N2O5. The number of benzene rings is 2. The Morgan fingerprint density at radius 2 is 1.75 bits per heavy atom. The van der Waals surface area contributed by atoms with Gasteiger partial charge in [-0.1, -0.05) is 25.1 Å². The van der Waals surface area contributed by atoms with Crippen LogP contribution in [0.4, 0.5) is 0 Å². The Hall–Kier alpha value is -3.22. The quantitative estimate of drug-likeness (QED) is 0.610. The maximum absolute atomic E-state index is 13.2. The van der Waals surface area contributed by atoms with E-state index in [1.54, 1.807) is 18.9 Å². The second-order valence-corrected chi connectivity index (χ2v) is 8.05. The summed E-state index contributed by atoms with van der Waals surface area (Å²) in [4.78, 5) is 27.7. The Labute approximate surface area is 189 Å². The van der Waals surface area contributed by atoms with E-state index in [1.165, 1.54) is 0 Å². The highest BCUT2D eigenvalue weighted by Gasteiger charge is 2.26. The van der Waals surface area contributed by atoms with E-state index >= 15 is 0 Å². The largest absolute Gasteiger partial charge is 0.497 e. The number of hydrogen-bond donors (Lipinski definition) is 1. The fourth-order valence-electron chi connectivity index (χ4n) is 3.47. The van der Waals surface area contributed by atoms with Crippen molar-refractivity contribution in [3.8, 4) is 17.2 Å². The minimum atomic E-state index is -0.588. The molecule has 7 nitrogen and oxygen atoms in total. The van der Waals surface area contributed by atoms with Crippen LogP contribution in [0.15, 0.2) is 42.5 Å². The summed E-state index contributed by atoms with van der Waals surface area (Å²) in [6.45, 7) is 6.32. The van der Waals surface area contributed by atoms with Crippen LogP contribution in [0.3, 0.4) is 0 Å². The molecule has 1 heterocycles. The van der Waals surface area contributed by atoms with Crippen molar-refractivity contribution in [1.29, 1.82) is 0 Å². The smallest absolute Gasteiger partial charge is 0.242 e. The first-order valence-electron chi connectivity index (χ1n) is 11.0.